The van der Waals surface area contributed by atoms with Gasteiger partial charge in [-0.25, -0.2) is 4.79 Å². The number of rotatable bonds is 7. The smallest absolute Gasteiger partial charge is 0.370 e. The number of ether oxygens (including phenoxy) is 3. The SMILES string of the molecule is COC(=O)C(O[C@@H]1CC[C@H](OC(C)=O)C1)P(=O)(OC)OC. The Bertz CT molecular complexity index is 415. The fourth-order valence-corrected chi connectivity index (χ4v) is 3.39. The van der Waals surface area contributed by atoms with Gasteiger partial charge in [-0.15, -0.1) is 0 Å². The van der Waals surface area contributed by atoms with Crippen LogP contribution in [0.2, 0.25) is 0 Å². The molecular weight excluding hydrogens is 303 g/mol. The molecule has 3 atom stereocenters. The van der Waals surface area contributed by atoms with Gasteiger partial charge in [0.25, 0.3) is 5.85 Å². The number of methoxy groups -OCH3 is 1. The molecular formula is C12H21O8P. The number of esters is 2. The maximum atomic E-state index is 12.3. The van der Waals surface area contributed by atoms with Crippen molar-refractivity contribution >= 4 is 19.5 Å². The lowest BCUT2D eigenvalue weighted by molar-refractivity contribution is -0.154. The quantitative estimate of drug-likeness (QED) is 0.513. The van der Waals surface area contributed by atoms with Gasteiger partial charge in [0.05, 0.1) is 13.2 Å². The molecule has 0 spiro atoms. The highest BCUT2D eigenvalue weighted by Crippen LogP contribution is 2.53. The standard InChI is InChI=1S/C12H21O8P/c1-8(13)19-9-5-6-10(7-9)20-12(11(14)16-2)21(15,17-3)18-4/h9-10,12H,5-7H2,1-4H3/t9-,10+,12?/m0/s1. The lowest BCUT2D eigenvalue weighted by atomic mass is 10.3. The van der Waals surface area contributed by atoms with Gasteiger partial charge in [0.15, 0.2) is 0 Å². The zero-order chi connectivity index (χ0) is 16.0. The molecule has 1 saturated carbocycles. The lowest BCUT2D eigenvalue weighted by Crippen LogP contribution is -2.31. The predicted octanol–water partition coefficient (Wildman–Crippen LogP) is 1.47. The van der Waals surface area contributed by atoms with Gasteiger partial charge >= 0.3 is 19.5 Å². The molecule has 122 valence electrons. The van der Waals surface area contributed by atoms with Crippen LogP contribution in [0, 0.1) is 0 Å². The largest absolute Gasteiger partial charge is 0.467 e. The zero-order valence-corrected chi connectivity index (χ0v) is 13.5. The Morgan fingerprint density at radius 1 is 1.10 bits per heavy atom. The maximum absolute atomic E-state index is 12.3. The minimum Gasteiger partial charge on any atom is -0.467 e. The molecule has 0 aliphatic heterocycles. The molecule has 0 N–H and O–H groups in total. The third-order valence-corrected chi connectivity index (χ3v) is 5.11. The zero-order valence-electron chi connectivity index (χ0n) is 12.6. The fourth-order valence-electron chi connectivity index (χ4n) is 2.17. The van der Waals surface area contributed by atoms with E-state index in [9.17, 15) is 14.2 Å². The van der Waals surface area contributed by atoms with E-state index >= 15 is 0 Å². The highest BCUT2D eigenvalue weighted by Gasteiger charge is 2.45. The Balaban J connectivity index is 2.73. The molecule has 1 aliphatic carbocycles. The number of carbonyl (C=O) groups excluding carboxylic acids is 2. The summed E-state index contributed by atoms with van der Waals surface area (Å²) in [4.78, 5) is 22.7. The summed E-state index contributed by atoms with van der Waals surface area (Å²) in [5.41, 5.74) is 0. The van der Waals surface area contributed by atoms with E-state index in [1.807, 2.05) is 0 Å². The molecule has 0 aromatic rings. The molecule has 1 unspecified atom stereocenters. The molecule has 0 bridgehead atoms. The second-order valence-corrected chi connectivity index (χ2v) is 6.86. The molecule has 0 aromatic heterocycles. The minimum absolute atomic E-state index is 0.268. The summed E-state index contributed by atoms with van der Waals surface area (Å²) in [5, 5.41) is 0. The Hall–Kier alpha value is -0.950. The molecule has 0 heterocycles. The molecule has 0 saturated heterocycles. The molecule has 1 aliphatic rings. The van der Waals surface area contributed by atoms with Crippen molar-refractivity contribution in [1.29, 1.82) is 0 Å². The summed E-state index contributed by atoms with van der Waals surface area (Å²) in [6.07, 6.45) is 0.939. The summed E-state index contributed by atoms with van der Waals surface area (Å²) < 4.78 is 37.1. The van der Waals surface area contributed by atoms with Crippen LogP contribution in [0.25, 0.3) is 0 Å². The van der Waals surface area contributed by atoms with E-state index in [0.717, 1.165) is 7.11 Å². The Kier molecular flexibility index (Phi) is 6.80. The maximum Gasteiger partial charge on any atom is 0.370 e. The number of carbonyl (C=O) groups is 2. The highest BCUT2D eigenvalue weighted by molar-refractivity contribution is 7.55. The first-order valence-electron chi connectivity index (χ1n) is 6.48. The van der Waals surface area contributed by atoms with Crippen LogP contribution in [0.1, 0.15) is 26.2 Å². The van der Waals surface area contributed by atoms with Crippen LogP contribution in [-0.4, -0.2) is 51.3 Å². The first-order valence-corrected chi connectivity index (χ1v) is 8.09. The van der Waals surface area contributed by atoms with E-state index in [2.05, 4.69) is 4.74 Å². The normalized spacial score (nSPS) is 23.6. The van der Waals surface area contributed by atoms with Gasteiger partial charge in [0, 0.05) is 27.6 Å². The molecule has 21 heavy (non-hydrogen) atoms. The van der Waals surface area contributed by atoms with Crippen LogP contribution in [0.15, 0.2) is 0 Å². The van der Waals surface area contributed by atoms with Crippen LogP contribution < -0.4 is 0 Å². The van der Waals surface area contributed by atoms with E-state index in [-0.39, 0.29) is 12.1 Å². The van der Waals surface area contributed by atoms with E-state index in [1.165, 1.54) is 21.1 Å². The fraction of sp³-hybridized carbons (Fsp3) is 0.833. The molecule has 0 amide bonds. The second kappa shape index (κ2) is 7.89. The van der Waals surface area contributed by atoms with Crippen molar-refractivity contribution in [3.63, 3.8) is 0 Å². The van der Waals surface area contributed by atoms with Crippen molar-refractivity contribution in [2.45, 2.75) is 44.2 Å². The van der Waals surface area contributed by atoms with Crippen LogP contribution in [0.3, 0.4) is 0 Å². The first-order chi connectivity index (χ1) is 9.86. The molecule has 9 heteroatoms. The molecule has 1 rings (SSSR count). The Labute approximate surface area is 123 Å². The van der Waals surface area contributed by atoms with Crippen LogP contribution in [0.4, 0.5) is 0 Å². The monoisotopic (exact) mass is 324 g/mol. The topological polar surface area (TPSA) is 97.4 Å². The summed E-state index contributed by atoms with van der Waals surface area (Å²) in [7, 11) is -0.278. The molecule has 0 radical (unpaired) electrons. The predicted molar refractivity (Wildman–Crippen MR) is 71.7 cm³/mol. The summed E-state index contributed by atoms with van der Waals surface area (Å²) in [6, 6.07) is 0. The van der Waals surface area contributed by atoms with Crippen molar-refractivity contribution < 1.29 is 37.4 Å². The average Bonchev–Trinajstić information content (AvgIpc) is 2.89. The van der Waals surface area contributed by atoms with E-state index < -0.39 is 25.5 Å². The van der Waals surface area contributed by atoms with Crippen molar-refractivity contribution in [3.8, 4) is 0 Å². The summed E-state index contributed by atoms with van der Waals surface area (Å²) >= 11 is 0. The van der Waals surface area contributed by atoms with Crippen LogP contribution in [-0.2, 0) is 37.4 Å². The minimum atomic E-state index is -3.77. The second-order valence-electron chi connectivity index (χ2n) is 4.58. The Morgan fingerprint density at radius 3 is 2.14 bits per heavy atom. The highest BCUT2D eigenvalue weighted by atomic mass is 31.2. The van der Waals surface area contributed by atoms with Crippen LogP contribution >= 0.6 is 7.60 Å². The van der Waals surface area contributed by atoms with E-state index in [4.69, 9.17) is 18.5 Å². The third-order valence-electron chi connectivity index (χ3n) is 3.19. The van der Waals surface area contributed by atoms with Crippen molar-refractivity contribution in [2.75, 3.05) is 21.3 Å². The van der Waals surface area contributed by atoms with Gasteiger partial charge in [0.2, 0.25) is 0 Å². The van der Waals surface area contributed by atoms with Crippen LogP contribution in [0.5, 0.6) is 0 Å². The van der Waals surface area contributed by atoms with Gasteiger partial charge in [-0.05, 0) is 12.8 Å². The molecule has 1 fully saturated rings. The molecule has 8 nitrogen and oxygen atoms in total. The van der Waals surface area contributed by atoms with Gasteiger partial charge < -0.3 is 23.3 Å². The summed E-state index contributed by atoms with van der Waals surface area (Å²) in [6.45, 7) is 1.33. The Morgan fingerprint density at radius 2 is 1.67 bits per heavy atom. The van der Waals surface area contributed by atoms with Crippen molar-refractivity contribution in [2.24, 2.45) is 0 Å². The average molecular weight is 324 g/mol. The van der Waals surface area contributed by atoms with Gasteiger partial charge in [-0.3, -0.25) is 9.36 Å². The lowest BCUT2D eigenvalue weighted by Gasteiger charge is -2.25. The van der Waals surface area contributed by atoms with Crippen molar-refractivity contribution in [3.05, 3.63) is 0 Å². The van der Waals surface area contributed by atoms with Gasteiger partial charge in [-0.1, -0.05) is 0 Å². The van der Waals surface area contributed by atoms with Gasteiger partial charge in [-0.2, -0.15) is 0 Å². The summed E-state index contributed by atoms with van der Waals surface area (Å²) in [5.74, 6) is -2.67. The first kappa shape index (κ1) is 18.1. The number of hydrogen-bond acceptors (Lipinski definition) is 8. The number of hydrogen-bond donors (Lipinski definition) is 0. The molecule has 0 aromatic carbocycles. The van der Waals surface area contributed by atoms with E-state index in [0.29, 0.717) is 19.3 Å². The van der Waals surface area contributed by atoms with E-state index in [1.54, 1.807) is 0 Å². The van der Waals surface area contributed by atoms with Crippen molar-refractivity contribution in [1.82, 2.24) is 0 Å². The van der Waals surface area contributed by atoms with Gasteiger partial charge in [0.1, 0.15) is 6.10 Å². The third kappa shape index (κ3) is 4.78.